The zero-order valence-electron chi connectivity index (χ0n) is 6.33. The normalized spacial score (nSPS) is 33.8. The largest absolute Gasteiger partial charge is 0.394 e. The Morgan fingerprint density at radius 2 is 2.25 bits per heavy atom. The highest BCUT2D eigenvalue weighted by molar-refractivity contribution is 5.13. The summed E-state index contributed by atoms with van der Waals surface area (Å²) in [5.41, 5.74) is 0.557. The van der Waals surface area contributed by atoms with Crippen LogP contribution in [-0.2, 0) is 0 Å². The molecule has 0 unspecified atom stereocenters. The Morgan fingerprint density at radius 1 is 1.50 bits per heavy atom. The van der Waals surface area contributed by atoms with Crippen molar-refractivity contribution in [2.45, 2.75) is 18.2 Å². The molecule has 0 aliphatic carbocycles. The molecule has 2 heterocycles. The maximum absolute atomic E-state index is 9.42. The lowest BCUT2D eigenvalue weighted by Gasteiger charge is -2.14. The van der Waals surface area contributed by atoms with Crippen LogP contribution in [0.2, 0.25) is 0 Å². The molecule has 0 spiro atoms. The number of hydrogen-bond acceptors (Lipinski definition) is 4. The Kier molecular flexibility index (Phi) is 1.64. The number of fused-ring (bicyclic) bond motifs is 1. The molecule has 0 saturated carbocycles. The van der Waals surface area contributed by atoms with E-state index in [0.29, 0.717) is 5.69 Å². The van der Waals surface area contributed by atoms with Gasteiger partial charge in [-0.2, -0.15) is 0 Å². The molecule has 1 aromatic heterocycles. The standard InChI is InChI=1S/C7H10N2O3/c10-2-5-7(12)6(11)4-1-8-3-9(4)5/h1,3,5-7,10-12H,2H2/t5-,6-,7-/m1/s1. The van der Waals surface area contributed by atoms with Crippen LogP contribution in [0.5, 0.6) is 0 Å². The van der Waals surface area contributed by atoms with Gasteiger partial charge in [-0.1, -0.05) is 0 Å². The molecule has 5 nitrogen and oxygen atoms in total. The molecule has 3 atom stereocenters. The summed E-state index contributed by atoms with van der Waals surface area (Å²) in [6, 6.07) is -0.461. The number of aliphatic hydroxyl groups is 3. The minimum Gasteiger partial charge on any atom is -0.394 e. The van der Waals surface area contributed by atoms with E-state index in [9.17, 15) is 10.2 Å². The lowest BCUT2D eigenvalue weighted by atomic mass is 10.1. The maximum Gasteiger partial charge on any atom is 0.123 e. The average molecular weight is 170 g/mol. The predicted octanol–water partition coefficient (Wildman–Crippen LogP) is -1.18. The molecule has 3 N–H and O–H groups in total. The Hall–Kier alpha value is -0.910. The second kappa shape index (κ2) is 2.55. The van der Waals surface area contributed by atoms with Crippen molar-refractivity contribution >= 4 is 0 Å². The third-order valence-corrected chi connectivity index (χ3v) is 2.26. The SMILES string of the molecule is OC[C@@H]1[C@@H](O)[C@H](O)c2cncn21. The molecule has 0 radical (unpaired) electrons. The minimum atomic E-state index is -0.926. The molecule has 0 bridgehead atoms. The number of imidazole rings is 1. The molecule has 66 valence electrons. The monoisotopic (exact) mass is 170 g/mol. The van der Waals surface area contributed by atoms with Gasteiger partial charge < -0.3 is 19.9 Å². The highest BCUT2D eigenvalue weighted by Crippen LogP contribution is 2.33. The van der Waals surface area contributed by atoms with Gasteiger partial charge in [-0.15, -0.1) is 0 Å². The van der Waals surface area contributed by atoms with E-state index in [1.54, 1.807) is 4.57 Å². The van der Waals surface area contributed by atoms with Crippen LogP contribution in [0.4, 0.5) is 0 Å². The van der Waals surface area contributed by atoms with E-state index in [-0.39, 0.29) is 6.61 Å². The van der Waals surface area contributed by atoms with Crippen LogP contribution in [-0.4, -0.2) is 37.6 Å². The first-order valence-electron chi connectivity index (χ1n) is 3.74. The van der Waals surface area contributed by atoms with E-state index in [2.05, 4.69) is 4.98 Å². The van der Waals surface area contributed by atoms with Crippen molar-refractivity contribution in [1.29, 1.82) is 0 Å². The summed E-state index contributed by atoms with van der Waals surface area (Å²) in [4.78, 5) is 3.81. The summed E-state index contributed by atoms with van der Waals surface area (Å²) >= 11 is 0. The summed E-state index contributed by atoms with van der Waals surface area (Å²) in [5, 5.41) is 27.7. The zero-order chi connectivity index (χ0) is 8.72. The first kappa shape index (κ1) is 7.72. The molecule has 0 amide bonds. The molecule has 1 aliphatic heterocycles. The van der Waals surface area contributed by atoms with Gasteiger partial charge in [0.1, 0.15) is 12.2 Å². The Balaban J connectivity index is 2.42. The van der Waals surface area contributed by atoms with E-state index in [0.717, 1.165) is 0 Å². The Bertz CT molecular complexity index is 286. The second-order valence-corrected chi connectivity index (χ2v) is 2.91. The van der Waals surface area contributed by atoms with E-state index >= 15 is 0 Å². The molecule has 2 rings (SSSR count). The van der Waals surface area contributed by atoms with E-state index in [4.69, 9.17) is 5.11 Å². The summed E-state index contributed by atoms with van der Waals surface area (Å²) in [6.45, 7) is -0.193. The first-order chi connectivity index (χ1) is 5.75. The van der Waals surface area contributed by atoms with Gasteiger partial charge in [0.15, 0.2) is 0 Å². The molecular weight excluding hydrogens is 160 g/mol. The molecule has 12 heavy (non-hydrogen) atoms. The molecule has 0 fully saturated rings. The van der Waals surface area contributed by atoms with Gasteiger partial charge in [-0.3, -0.25) is 0 Å². The minimum absolute atomic E-state index is 0.193. The van der Waals surface area contributed by atoms with Crippen LogP contribution < -0.4 is 0 Å². The van der Waals surface area contributed by atoms with Gasteiger partial charge in [-0.05, 0) is 0 Å². The van der Waals surface area contributed by atoms with E-state index < -0.39 is 18.2 Å². The van der Waals surface area contributed by atoms with Gasteiger partial charge in [0.25, 0.3) is 0 Å². The molecule has 0 saturated heterocycles. The third-order valence-electron chi connectivity index (χ3n) is 2.26. The van der Waals surface area contributed by atoms with Crippen molar-refractivity contribution in [2.75, 3.05) is 6.61 Å². The molecular formula is C7H10N2O3. The van der Waals surface area contributed by atoms with Gasteiger partial charge in [0.05, 0.1) is 30.9 Å². The van der Waals surface area contributed by atoms with Crippen LogP contribution in [0.25, 0.3) is 0 Å². The van der Waals surface area contributed by atoms with Gasteiger partial charge in [0.2, 0.25) is 0 Å². The van der Waals surface area contributed by atoms with Crippen LogP contribution in [0, 0.1) is 0 Å². The van der Waals surface area contributed by atoms with Gasteiger partial charge in [-0.25, -0.2) is 4.98 Å². The lowest BCUT2D eigenvalue weighted by molar-refractivity contribution is -0.00109. The summed E-state index contributed by atoms with van der Waals surface area (Å²) in [6.07, 6.45) is 1.14. The number of hydrogen-bond donors (Lipinski definition) is 3. The first-order valence-corrected chi connectivity index (χ1v) is 3.74. The second-order valence-electron chi connectivity index (χ2n) is 2.91. The number of nitrogens with zero attached hydrogens (tertiary/aromatic N) is 2. The summed E-state index contributed by atoms with van der Waals surface area (Å²) in [7, 11) is 0. The highest BCUT2D eigenvalue weighted by atomic mass is 16.3. The van der Waals surface area contributed by atoms with Crippen molar-refractivity contribution in [3.05, 3.63) is 18.2 Å². The van der Waals surface area contributed by atoms with Crippen molar-refractivity contribution < 1.29 is 15.3 Å². The Morgan fingerprint density at radius 3 is 2.92 bits per heavy atom. The quantitative estimate of drug-likeness (QED) is 0.496. The van der Waals surface area contributed by atoms with Crippen molar-refractivity contribution in [3.63, 3.8) is 0 Å². The van der Waals surface area contributed by atoms with Gasteiger partial charge in [0, 0.05) is 0 Å². The fourth-order valence-electron chi connectivity index (χ4n) is 1.57. The maximum atomic E-state index is 9.42. The molecule has 5 heteroatoms. The zero-order valence-corrected chi connectivity index (χ0v) is 6.33. The van der Waals surface area contributed by atoms with E-state index in [1.165, 1.54) is 12.5 Å². The molecule has 1 aromatic rings. The predicted molar refractivity (Wildman–Crippen MR) is 39.3 cm³/mol. The lowest BCUT2D eigenvalue weighted by Crippen LogP contribution is -2.23. The van der Waals surface area contributed by atoms with E-state index in [1.807, 2.05) is 0 Å². The van der Waals surface area contributed by atoms with Crippen molar-refractivity contribution in [3.8, 4) is 0 Å². The molecule has 0 aromatic carbocycles. The average Bonchev–Trinajstić information content (AvgIpc) is 2.59. The summed E-state index contributed by atoms with van der Waals surface area (Å²) in [5.74, 6) is 0. The highest BCUT2D eigenvalue weighted by Gasteiger charge is 2.38. The van der Waals surface area contributed by atoms with Crippen LogP contribution in [0.15, 0.2) is 12.5 Å². The topological polar surface area (TPSA) is 78.5 Å². The van der Waals surface area contributed by atoms with Gasteiger partial charge >= 0.3 is 0 Å². The van der Waals surface area contributed by atoms with Crippen LogP contribution in [0.3, 0.4) is 0 Å². The number of aromatic nitrogens is 2. The summed E-state index contributed by atoms with van der Waals surface area (Å²) < 4.78 is 1.59. The Labute approximate surface area is 68.9 Å². The molecule has 1 aliphatic rings. The smallest absolute Gasteiger partial charge is 0.123 e. The number of rotatable bonds is 1. The van der Waals surface area contributed by atoms with Crippen LogP contribution in [0.1, 0.15) is 17.8 Å². The fourth-order valence-corrected chi connectivity index (χ4v) is 1.57. The van der Waals surface area contributed by atoms with Crippen LogP contribution >= 0.6 is 0 Å². The fraction of sp³-hybridized carbons (Fsp3) is 0.571. The third kappa shape index (κ3) is 0.811. The van der Waals surface area contributed by atoms with Crippen molar-refractivity contribution in [1.82, 2.24) is 9.55 Å². The number of aliphatic hydroxyl groups excluding tert-OH is 3. The van der Waals surface area contributed by atoms with Crippen molar-refractivity contribution in [2.24, 2.45) is 0 Å².